The third-order valence-corrected chi connectivity index (χ3v) is 5.04. The Bertz CT molecular complexity index is 495. The van der Waals surface area contributed by atoms with Gasteiger partial charge in [0.1, 0.15) is 5.82 Å². The zero-order chi connectivity index (χ0) is 14.7. The van der Waals surface area contributed by atoms with E-state index >= 15 is 0 Å². The third kappa shape index (κ3) is 3.31. The first-order valence-corrected chi connectivity index (χ1v) is 8.04. The van der Waals surface area contributed by atoms with Crippen LogP contribution in [0.3, 0.4) is 0 Å². The third-order valence-electron chi connectivity index (χ3n) is 4.15. The van der Waals surface area contributed by atoms with Crippen molar-refractivity contribution in [3.8, 4) is 0 Å². The van der Waals surface area contributed by atoms with Crippen molar-refractivity contribution in [3.05, 3.63) is 33.1 Å². The van der Waals surface area contributed by atoms with E-state index in [1.165, 1.54) is 18.6 Å². The van der Waals surface area contributed by atoms with Crippen LogP contribution in [0.4, 0.5) is 4.39 Å². The van der Waals surface area contributed by atoms with E-state index in [1.54, 1.807) is 11.0 Å². The van der Waals surface area contributed by atoms with Crippen molar-refractivity contribution in [2.24, 2.45) is 11.7 Å². The normalized spacial score (nSPS) is 22.6. The Balaban J connectivity index is 2.18. The Morgan fingerprint density at radius 3 is 2.80 bits per heavy atom. The second kappa shape index (κ2) is 6.85. The highest BCUT2D eigenvalue weighted by Gasteiger charge is 2.30. The molecule has 1 aromatic carbocycles. The summed E-state index contributed by atoms with van der Waals surface area (Å²) in [6, 6.07) is 4.49. The molecule has 2 unspecified atom stereocenters. The predicted octanol–water partition coefficient (Wildman–Crippen LogP) is 3.02. The number of amides is 1. The van der Waals surface area contributed by atoms with Gasteiger partial charge in [0.2, 0.25) is 0 Å². The van der Waals surface area contributed by atoms with Gasteiger partial charge in [0.05, 0.1) is 5.56 Å². The van der Waals surface area contributed by atoms with Gasteiger partial charge in [-0.25, -0.2) is 4.39 Å². The number of halogens is 2. The smallest absolute Gasteiger partial charge is 0.254 e. The summed E-state index contributed by atoms with van der Waals surface area (Å²) in [7, 11) is 1.83. The van der Waals surface area contributed by atoms with E-state index in [4.69, 9.17) is 5.73 Å². The fraction of sp³-hybridized carbons (Fsp3) is 0.533. The molecule has 0 spiro atoms. The van der Waals surface area contributed by atoms with Crippen LogP contribution in [0.15, 0.2) is 18.2 Å². The second-order valence-electron chi connectivity index (χ2n) is 5.39. The topological polar surface area (TPSA) is 46.3 Å². The van der Waals surface area contributed by atoms with Crippen LogP contribution in [0.5, 0.6) is 0 Å². The summed E-state index contributed by atoms with van der Waals surface area (Å²) in [6.45, 7) is 0.614. The van der Waals surface area contributed by atoms with Crippen molar-refractivity contribution in [2.45, 2.75) is 31.7 Å². The number of carbonyl (C=O) groups excluding carboxylic acids is 1. The van der Waals surface area contributed by atoms with Crippen LogP contribution >= 0.6 is 22.6 Å². The summed E-state index contributed by atoms with van der Waals surface area (Å²) >= 11 is 2.01. The van der Waals surface area contributed by atoms with Gasteiger partial charge in [0, 0.05) is 16.7 Å². The molecule has 110 valence electrons. The van der Waals surface area contributed by atoms with Crippen LogP contribution in [0.25, 0.3) is 0 Å². The summed E-state index contributed by atoms with van der Waals surface area (Å²) in [6.07, 6.45) is 4.41. The van der Waals surface area contributed by atoms with Crippen LogP contribution in [-0.4, -0.2) is 30.4 Å². The monoisotopic (exact) mass is 390 g/mol. The number of rotatable bonds is 3. The summed E-state index contributed by atoms with van der Waals surface area (Å²) in [4.78, 5) is 14.4. The van der Waals surface area contributed by atoms with Gasteiger partial charge in [-0.3, -0.25) is 4.79 Å². The molecular formula is C15H20FIN2O. The molecule has 1 aliphatic carbocycles. The summed E-state index contributed by atoms with van der Waals surface area (Å²) < 4.78 is 13.8. The number of hydrogen-bond donors (Lipinski definition) is 1. The van der Waals surface area contributed by atoms with Crippen LogP contribution in [0, 0.1) is 15.3 Å². The van der Waals surface area contributed by atoms with Crippen LogP contribution in [-0.2, 0) is 0 Å². The van der Waals surface area contributed by atoms with Gasteiger partial charge >= 0.3 is 0 Å². The van der Waals surface area contributed by atoms with Gasteiger partial charge < -0.3 is 10.6 Å². The van der Waals surface area contributed by atoms with Gasteiger partial charge in [-0.2, -0.15) is 0 Å². The minimum absolute atomic E-state index is 0.0419. The second-order valence-corrected chi connectivity index (χ2v) is 6.55. The fourth-order valence-electron chi connectivity index (χ4n) is 2.98. The summed E-state index contributed by atoms with van der Waals surface area (Å²) in [5.41, 5.74) is 6.40. The Kier molecular flexibility index (Phi) is 5.37. The number of nitrogens with two attached hydrogens (primary N) is 1. The van der Waals surface area contributed by atoms with Gasteiger partial charge in [-0.05, 0) is 66.1 Å². The van der Waals surface area contributed by atoms with Crippen molar-refractivity contribution in [1.29, 1.82) is 0 Å². The van der Waals surface area contributed by atoms with E-state index in [0.29, 0.717) is 21.6 Å². The maximum Gasteiger partial charge on any atom is 0.254 e. The summed E-state index contributed by atoms with van der Waals surface area (Å²) in [5, 5.41) is 0. The van der Waals surface area contributed by atoms with Gasteiger partial charge in [0.25, 0.3) is 5.91 Å². The Hall–Kier alpha value is -0.690. The molecule has 5 heteroatoms. The summed E-state index contributed by atoms with van der Waals surface area (Å²) in [5.74, 6) is 0.0154. The molecule has 1 aliphatic rings. The van der Waals surface area contributed by atoms with E-state index in [-0.39, 0.29) is 17.8 Å². The Morgan fingerprint density at radius 1 is 1.45 bits per heavy atom. The molecule has 0 aromatic heterocycles. The van der Waals surface area contributed by atoms with Crippen molar-refractivity contribution in [2.75, 3.05) is 13.6 Å². The average Bonchev–Trinajstić information content (AvgIpc) is 2.45. The van der Waals surface area contributed by atoms with Crippen molar-refractivity contribution in [3.63, 3.8) is 0 Å². The van der Waals surface area contributed by atoms with Crippen molar-refractivity contribution in [1.82, 2.24) is 4.90 Å². The molecule has 2 rings (SSSR count). The fourth-order valence-corrected chi connectivity index (χ4v) is 3.68. The lowest BCUT2D eigenvalue weighted by molar-refractivity contribution is 0.0619. The Labute approximate surface area is 132 Å². The van der Waals surface area contributed by atoms with E-state index in [9.17, 15) is 9.18 Å². The molecule has 0 aliphatic heterocycles. The molecule has 0 saturated heterocycles. The van der Waals surface area contributed by atoms with Crippen LogP contribution < -0.4 is 5.73 Å². The minimum Gasteiger partial charge on any atom is -0.338 e. The highest BCUT2D eigenvalue weighted by Crippen LogP contribution is 2.28. The molecular weight excluding hydrogens is 370 g/mol. The quantitative estimate of drug-likeness (QED) is 0.807. The number of hydrogen-bond acceptors (Lipinski definition) is 2. The zero-order valence-electron chi connectivity index (χ0n) is 11.6. The first kappa shape index (κ1) is 15.7. The van der Waals surface area contributed by atoms with Crippen LogP contribution in [0.1, 0.15) is 36.0 Å². The maximum absolute atomic E-state index is 13.1. The molecule has 0 bridgehead atoms. The number of carbonyl (C=O) groups is 1. The van der Waals surface area contributed by atoms with Crippen LogP contribution in [0.2, 0.25) is 0 Å². The molecule has 0 heterocycles. The predicted molar refractivity (Wildman–Crippen MR) is 86.0 cm³/mol. The first-order chi connectivity index (χ1) is 9.54. The first-order valence-electron chi connectivity index (χ1n) is 6.97. The van der Waals surface area contributed by atoms with Gasteiger partial charge in [-0.15, -0.1) is 0 Å². The molecule has 3 nitrogen and oxygen atoms in total. The molecule has 0 radical (unpaired) electrons. The number of nitrogens with zero attached hydrogens (tertiary/aromatic N) is 1. The lowest BCUT2D eigenvalue weighted by Gasteiger charge is -2.37. The van der Waals surface area contributed by atoms with Gasteiger partial charge in [0.15, 0.2) is 0 Å². The number of benzene rings is 1. The molecule has 1 aromatic rings. The lowest BCUT2D eigenvalue weighted by Crippen LogP contribution is -2.46. The molecule has 1 fully saturated rings. The van der Waals surface area contributed by atoms with E-state index in [2.05, 4.69) is 0 Å². The lowest BCUT2D eigenvalue weighted by atomic mass is 9.83. The zero-order valence-corrected chi connectivity index (χ0v) is 13.8. The Morgan fingerprint density at radius 2 is 2.15 bits per heavy atom. The molecule has 2 N–H and O–H groups in total. The molecule has 1 amide bonds. The maximum atomic E-state index is 13.1. The standard InChI is InChI=1S/C15H20FIN2O/c1-19(14-5-3-2-4-10(14)9-18)15(20)12-7-6-11(16)8-13(12)17/h6-8,10,14H,2-5,9,18H2,1H3. The van der Waals surface area contributed by atoms with Gasteiger partial charge in [-0.1, -0.05) is 12.8 Å². The van der Waals surface area contributed by atoms with Crippen molar-refractivity contribution >= 4 is 28.5 Å². The highest BCUT2D eigenvalue weighted by molar-refractivity contribution is 14.1. The average molecular weight is 390 g/mol. The highest BCUT2D eigenvalue weighted by atomic mass is 127. The molecule has 2 atom stereocenters. The van der Waals surface area contributed by atoms with E-state index < -0.39 is 0 Å². The van der Waals surface area contributed by atoms with Crippen molar-refractivity contribution < 1.29 is 9.18 Å². The molecule has 20 heavy (non-hydrogen) atoms. The SMILES string of the molecule is CN(C(=O)c1ccc(F)cc1I)C1CCCCC1CN. The molecule has 1 saturated carbocycles. The van der Waals surface area contributed by atoms with E-state index in [1.807, 2.05) is 29.6 Å². The largest absolute Gasteiger partial charge is 0.338 e. The van der Waals surface area contributed by atoms with E-state index in [0.717, 1.165) is 19.3 Å². The minimum atomic E-state index is -0.314.